The largest absolute Gasteiger partial charge is 0.369 e. The Bertz CT molecular complexity index is 2660. The van der Waals surface area contributed by atoms with Crippen LogP contribution in [0.2, 0.25) is 25.1 Å². The highest BCUT2D eigenvalue weighted by Gasteiger charge is 2.27. The van der Waals surface area contributed by atoms with Gasteiger partial charge in [0.1, 0.15) is 11.4 Å². The van der Waals surface area contributed by atoms with Gasteiger partial charge in [-0.2, -0.15) is 20.5 Å². The third-order valence-corrected chi connectivity index (χ3v) is 11.0. The summed E-state index contributed by atoms with van der Waals surface area (Å²) in [6.45, 7) is 7.46. The molecule has 3 amide bonds. The summed E-state index contributed by atoms with van der Waals surface area (Å²) in [7, 11) is 0. The summed E-state index contributed by atoms with van der Waals surface area (Å²) < 4.78 is 0. The molecule has 0 spiro atoms. The molecule has 0 aliphatic carbocycles. The molecule has 0 aromatic heterocycles. The van der Waals surface area contributed by atoms with Gasteiger partial charge in [0, 0.05) is 38.2 Å². The summed E-state index contributed by atoms with van der Waals surface area (Å²) in [6.07, 6.45) is -1.20. The molecule has 0 aliphatic rings. The zero-order valence-corrected chi connectivity index (χ0v) is 37.3. The fourth-order valence-corrected chi connectivity index (χ4v) is 6.50. The fourth-order valence-electron chi connectivity index (χ4n) is 5.63. The summed E-state index contributed by atoms with van der Waals surface area (Å²) in [5, 5.41) is 39.0. The third kappa shape index (κ3) is 11.8. The Kier molecular flexibility index (Phi) is 15.9. The van der Waals surface area contributed by atoms with Gasteiger partial charge in [0.05, 0.1) is 20.8 Å². The third-order valence-electron chi connectivity index (χ3n) is 9.23. The number of rotatable bonds is 15. The normalized spacial score (nSPS) is 12.8. The number of aliphatic hydroxyl groups excluding tert-OH is 1. The Balaban J connectivity index is 1.27. The number of carbonyl (C=O) groups is 5. The van der Waals surface area contributed by atoms with Gasteiger partial charge in [-0.1, -0.05) is 76.2 Å². The van der Waals surface area contributed by atoms with Crippen molar-refractivity contribution in [2.45, 2.75) is 52.9 Å². The molecular formula is C43H37Cl5N8O6. The standard InChI is InChI=1S/C43H37Cl5N8O6/c1-20-16-35(52-43(62)39(24(5)58)56-54-37-18-26(13-15-30(37)47)41(60)50-33-11-7-9-28(45)22(33)3)31(48)19-34(20)51-42(61)38(23(4)57)55-53-36-17-25(12-14-29(36)46)40(59)49-32-10-6-8-27(44)21(32)2/h6-19,38-40,49,59H,1-5H3,(H,50,60)(H,51,61)(H,52,62). The molecule has 5 aromatic carbocycles. The van der Waals surface area contributed by atoms with Crippen molar-refractivity contribution < 1.29 is 29.1 Å². The van der Waals surface area contributed by atoms with Crippen molar-refractivity contribution in [3.63, 3.8) is 0 Å². The van der Waals surface area contributed by atoms with Gasteiger partial charge in [0.15, 0.2) is 17.8 Å². The molecular weight excluding hydrogens is 902 g/mol. The highest BCUT2D eigenvalue weighted by molar-refractivity contribution is 6.35. The minimum absolute atomic E-state index is 0.0197. The molecule has 0 saturated heterocycles. The maximum Gasteiger partial charge on any atom is 0.258 e. The molecule has 0 saturated carbocycles. The number of hydrogen-bond donors (Lipinski definition) is 5. The lowest BCUT2D eigenvalue weighted by atomic mass is 10.1. The molecule has 5 aromatic rings. The predicted octanol–water partition coefficient (Wildman–Crippen LogP) is 11.6. The first kappa shape index (κ1) is 47.3. The number of nitrogens with one attached hydrogen (secondary N) is 4. The van der Waals surface area contributed by atoms with E-state index < -0.39 is 47.6 Å². The SMILES string of the molecule is CC(=O)C(N=Nc1cc(C(O)Nc2cccc(Cl)c2C)ccc1Cl)C(=O)Nc1cc(Cl)c(NC(=O)C(N=Nc2cc(C(=O)Nc3cccc(Cl)c3C)ccc2Cl)C(C)=O)cc1C. The van der Waals surface area contributed by atoms with E-state index in [1.54, 1.807) is 63.2 Å². The number of amides is 3. The number of halogens is 5. The average molecular weight is 939 g/mol. The number of carbonyl (C=O) groups excluding carboxylic acids is 5. The van der Waals surface area contributed by atoms with Gasteiger partial charge in [-0.25, -0.2) is 0 Å². The van der Waals surface area contributed by atoms with E-state index in [2.05, 4.69) is 41.7 Å². The molecule has 19 heteroatoms. The molecule has 0 heterocycles. The quantitative estimate of drug-likeness (QED) is 0.0390. The minimum Gasteiger partial charge on any atom is -0.369 e. The number of ketones is 2. The van der Waals surface area contributed by atoms with Crippen molar-refractivity contribution in [3.8, 4) is 0 Å². The van der Waals surface area contributed by atoms with Crippen molar-refractivity contribution in [2.75, 3.05) is 21.3 Å². The van der Waals surface area contributed by atoms with E-state index >= 15 is 0 Å². The summed E-state index contributed by atoms with van der Waals surface area (Å²) in [5.41, 5.74) is 3.79. The highest BCUT2D eigenvalue weighted by atomic mass is 35.5. The van der Waals surface area contributed by atoms with Gasteiger partial charge < -0.3 is 26.4 Å². The van der Waals surface area contributed by atoms with E-state index in [4.69, 9.17) is 58.0 Å². The maximum absolute atomic E-state index is 13.4. The van der Waals surface area contributed by atoms with Crippen LogP contribution in [-0.4, -0.2) is 46.5 Å². The van der Waals surface area contributed by atoms with E-state index in [1.807, 2.05) is 0 Å². The van der Waals surface area contributed by atoms with Gasteiger partial charge >= 0.3 is 0 Å². The molecule has 3 atom stereocenters. The van der Waals surface area contributed by atoms with Gasteiger partial charge in [-0.05, 0) is 118 Å². The van der Waals surface area contributed by atoms with Crippen molar-refractivity contribution in [1.82, 2.24) is 0 Å². The Morgan fingerprint density at radius 3 is 1.65 bits per heavy atom. The summed E-state index contributed by atoms with van der Waals surface area (Å²) in [5.74, 6) is -3.53. The van der Waals surface area contributed by atoms with Crippen LogP contribution in [0.3, 0.4) is 0 Å². The summed E-state index contributed by atoms with van der Waals surface area (Å²) >= 11 is 31.6. The molecule has 62 heavy (non-hydrogen) atoms. The van der Waals surface area contributed by atoms with Gasteiger partial charge in [-0.15, -0.1) is 0 Å². The van der Waals surface area contributed by atoms with E-state index in [1.165, 1.54) is 42.5 Å². The molecule has 0 bridgehead atoms. The monoisotopic (exact) mass is 936 g/mol. The number of nitrogens with zero attached hydrogens (tertiary/aromatic N) is 4. The fraction of sp³-hybridized carbons (Fsp3) is 0.186. The first-order valence-corrected chi connectivity index (χ1v) is 20.3. The Morgan fingerprint density at radius 2 is 1.06 bits per heavy atom. The number of azo groups is 2. The zero-order valence-electron chi connectivity index (χ0n) is 33.5. The second kappa shape index (κ2) is 20.9. The Hall–Kier alpha value is -5.74. The van der Waals surface area contributed by atoms with Crippen LogP contribution in [0.1, 0.15) is 52.7 Å². The molecule has 320 valence electrons. The van der Waals surface area contributed by atoms with E-state index in [0.717, 1.165) is 19.4 Å². The van der Waals surface area contributed by atoms with Crippen LogP contribution >= 0.6 is 58.0 Å². The van der Waals surface area contributed by atoms with Crippen molar-refractivity contribution in [2.24, 2.45) is 20.5 Å². The molecule has 0 aliphatic heterocycles. The molecule has 3 unspecified atom stereocenters. The van der Waals surface area contributed by atoms with Crippen molar-refractivity contribution in [3.05, 3.63) is 138 Å². The molecule has 14 nitrogen and oxygen atoms in total. The lowest BCUT2D eigenvalue weighted by Gasteiger charge is -2.17. The second-order valence-corrected chi connectivity index (χ2v) is 15.8. The first-order chi connectivity index (χ1) is 29.3. The van der Waals surface area contributed by atoms with Gasteiger partial charge in [0.25, 0.3) is 17.7 Å². The minimum atomic E-state index is -1.64. The Morgan fingerprint density at radius 1 is 0.548 bits per heavy atom. The van der Waals surface area contributed by atoms with Crippen LogP contribution in [0.4, 0.5) is 34.1 Å². The van der Waals surface area contributed by atoms with Crippen LogP contribution in [0.15, 0.2) is 105 Å². The Labute approximate surface area is 381 Å². The second-order valence-electron chi connectivity index (χ2n) is 13.8. The number of Topliss-reactive ketones (excluding diaryl/α,β-unsaturated/α-hetero) is 2. The molecule has 0 radical (unpaired) electrons. The lowest BCUT2D eigenvalue weighted by molar-refractivity contribution is -0.127. The molecule has 0 fully saturated rings. The summed E-state index contributed by atoms with van der Waals surface area (Å²) in [4.78, 5) is 65.0. The smallest absolute Gasteiger partial charge is 0.258 e. The number of benzene rings is 5. The average Bonchev–Trinajstić information content (AvgIpc) is 3.21. The number of aryl methyl sites for hydroxylation is 1. The van der Waals surface area contributed by atoms with E-state index in [0.29, 0.717) is 38.1 Å². The van der Waals surface area contributed by atoms with Crippen LogP contribution < -0.4 is 21.3 Å². The van der Waals surface area contributed by atoms with Crippen LogP contribution in [0, 0.1) is 20.8 Å². The topological polar surface area (TPSA) is 203 Å². The lowest BCUT2D eigenvalue weighted by Crippen LogP contribution is -2.32. The predicted molar refractivity (Wildman–Crippen MR) is 243 cm³/mol. The number of hydrogen-bond acceptors (Lipinski definition) is 11. The van der Waals surface area contributed by atoms with Gasteiger partial charge in [0.2, 0.25) is 12.1 Å². The summed E-state index contributed by atoms with van der Waals surface area (Å²) in [6, 6.07) is 18.6. The molecule has 5 rings (SSSR count). The number of anilines is 4. The van der Waals surface area contributed by atoms with Gasteiger partial charge in [-0.3, -0.25) is 24.0 Å². The number of aliphatic hydroxyl groups is 1. The van der Waals surface area contributed by atoms with Crippen LogP contribution in [0.25, 0.3) is 0 Å². The molecule has 5 N–H and O–H groups in total. The maximum atomic E-state index is 13.4. The van der Waals surface area contributed by atoms with Crippen LogP contribution in [-0.2, 0) is 19.2 Å². The van der Waals surface area contributed by atoms with Crippen molar-refractivity contribution >= 4 is 121 Å². The van der Waals surface area contributed by atoms with Crippen LogP contribution in [0.5, 0.6) is 0 Å². The highest BCUT2D eigenvalue weighted by Crippen LogP contribution is 2.33. The van der Waals surface area contributed by atoms with E-state index in [-0.39, 0.29) is 43.4 Å². The van der Waals surface area contributed by atoms with E-state index in [9.17, 15) is 29.1 Å². The van der Waals surface area contributed by atoms with Crippen molar-refractivity contribution in [1.29, 1.82) is 0 Å². The first-order valence-electron chi connectivity index (χ1n) is 18.4. The zero-order chi connectivity index (χ0) is 45.4.